The molecule has 0 bridgehead atoms. The van der Waals surface area contributed by atoms with Gasteiger partial charge in [-0.25, -0.2) is 0 Å². The Bertz CT molecular complexity index is 170. The Morgan fingerprint density at radius 2 is 2.14 bits per heavy atom. The first kappa shape index (κ1) is 11.9. The Balaban J connectivity index is 2.03. The van der Waals surface area contributed by atoms with Gasteiger partial charge in [0, 0.05) is 19.5 Å². The molecule has 4 heteroatoms. The lowest BCUT2D eigenvalue weighted by Crippen LogP contribution is -2.32. The van der Waals surface area contributed by atoms with Crippen molar-refractivity contribution >= 4 is 17.7 Å². The SMILES string of the molecule is CNCCC(=O)NCC1CCSCC1. The lowest BCUT2D eigenvalue weighted by molar-refractivity contribution is -0.121. The van der Waals surface area contributed by atoms with Crippen molar-refractivity contribution in [3.05, 3.63) is 0 Å². The Hall–Kier alpha value is -0.220. The Morgan fingerprint density at radius 1 is 1.43 bits per heavy atom. The van der Waals surface area contributed by atoms with Crippen molar-refractivity contribution in [3.63, 3.8) is 0 Å². The van der Waals surface area contributed by atoms with Crippen LogP contribution in [0.1, 0.15) is 19.3 Å². The van der Waals surface area contributed by atoms with Crippen LogP contribution < -0.4 is 10.6 Å². The minimum absolute atomic E-state index is 0.178. The predicted molar refractivity (Wildman–Crippen MR) is 61.6 cm³/mol. The van der Waals surface area contributed by atoms with E-state index in [9.17, 15) is 4.79 Å². The van der Waals surface area contributed by atoms with Crippen LogP contribution in [0, 0.1) is 5.92 Å². The van der Waals surface area contributed by atoms with Crippen LogP contribution in [-0.2, 0) is 4.79 Å². The van der Waals surface area contributed by atoms with E-state index in [1.165, 1.54) is 24.3 Å². The summed E-state index contributed by atoms with van der Waals surface area (Å²) in [4.78, 5) is 11.3. The van der Waals surface area contributed by atoms with E-state index < -0.39 is 0 Å². The first-order valence-corrected chi connectivity index (χ1v) is 6.47. The second-order valence-corrected chi connectivity index (χ2v) is 4.94. The molecule has 0 aromatic rings. The lowest BCUT2D eigenvalue weighted by Gasteiger charge is -2.21. The topological polar surface area (TPSA) is 41.1 Å². The first-order chi connectivity index (χ1) is 6.83. The first-order valence-electron chi connectivity index (χ1n) is 5.32. The summed E-state index contributed by atoms with van der Waals surface area (Å²) in [7, 11) is 1.87. The summed E-state index contributed by atoms with van der Waals surface area (Å²) >= 11 is 2.02. The van der Waals surface area contributed by atoms with Crippen molar-refractivity contribution in [1.82, 2.24) is 10.6 Å². The quantitative estimate of drug-likeness (QED) is 0.716. The number of hydrogen-bond donors (Lipinski definition) is 2. The van der Waals surface area contributed by atoms with Crippen LogP contribution in [0.4, 0.5) is 0 Å². The normalized spacial score (nSPS) is 18.1. The van der Waals surface area contributed by atoms with Crippen LogP contribution >= 0.6 is 11.8 Å². The van der Waals surface area contributed by atoms with Gasteiger partial charge < -0.3 is 10.6 Å². The number of hydrogen-bond acceptors (Lipinski definition) is 3. The highest BCUT2D eigenvalue weighted by molar-refractivity contribution is 7.99. The number of nitrogens with one attached hydrogen (secondary N) is 2. The Kier molecular flexibility index (Phi) is 6.03. The molecule has 3 nitrogen and oxygen atoms in total. The average molecular weight is 216 g/mol. The van der Waals surface area contributed by atoms with Gasteiger partial charge in [-0.15, -0.1) is 0 Å². The second kappa shape index (κ2) is 7.12. The average Bonchev–Trinajstić information content (AvgIpc) is 2.25. The summed E-state index contributed by atoms with van der Waals surface area (Å²) in [6.45, 7) is 1.65. The summed E-state index contributed by atoms with van der Waals surface area (Å²) < 4.78 is 0. The van der Waals surface area contributed by atoms with Gasteiger partial charge in [0.25, 0.3) is 0 Å². The van der Waals surface area contributed by atoms with Gasteiger partial charge in [-0.1, -0.05) is 0 Å². The van der Waals surface area contributed by atoms with E-state index >= 15 is 0 Å². The highest BCUT2D eigenvalue weighted by Crippen LogP contribution is 2.21. The molecule has 1 heterocycles. The van der Waals surface area contributed by atoms with Crippen molar-refractivity contribution in [3.8, 4) is 0 Å². The molecule has 0 aromatic heterocycles. The van der Waals surface area contributed by atoms with E-state index in [0.717, 1.165) is 19.0 Å². The third kappa shape index (κ3) is 4.86. The number of carbonyl (C=O) groups is 1. The van der Waals surface area contributed by atoms with E-state index in [1.54, 1.807) is 0 Å². The van der Waals surface area contributed by atoms with Gasteiger partial charge in [0.05, 0.1) is 0 Å². The summed E-state index contributed by atoms with van der Waals surface area (Å²) in [6.07, 6.45) is 3.12. The lowest BCUT2D eigenvalue weighted by atomic mass is 10.0. The second-order valence-electron chi connectivity index (χ2n) is 3.71. The molecule has 1 aliphatic rings. The maximum atomic E-state index is 11.3. The van der Waals surface area contributed by atoms with Crippen molar-refractivity contribution in [1.29, 1.82) is 0 Å². The van der Waals surface area contributed by atoms with Crippen LogP contribution in [-0.4, -0.2) is 37.6 Å². The zero-order valence-corrected chi connectivity index (χ0v) is 9.66. The van der Waals surface area contributed by atoms with Gasteiger partial charge in [-0.05, 0) is 37.3 Å². The van der Waals surface area contributed by atoms with Crippen LogP contribution in [0.3, 0.4) is 0 Å². The molecule has 14 heavy (non-hydrogen) atoms. The molecule has 0 saturated carbocycles. The molecule has 82 valence electrons. The van der Waals surface area contributed by atoms with Gasteiger partial charge in [-0.2, -0.15) is 11.8 Å². The molecule has 0 atom stereocenters. The summed E-state index contributed by atoms with van der Waals surface area (Å²) in [5.74, 6) is 3.42. The van der Waals surface area contributed by atoms with Crippen LogP contribution in [0.25, 0.3) is 0 Å². The zero-order valence-electron chi connectivity index (χ0n) is 8.84. The molecular weight excluding hydrogens is 196 g/mol. The summed E-state index contributed by atoms with van der Waals surface area (Å²) in [5.41, 5.74) is 0. The van der Waals surface area contributed by atoms with Crippen molar-refractivity contribution in [2.24, 2.45) is 5.92 Å². The van der Waals surface area contributed by atoms with Gasteiger partial charge in [0.1, 0.15) is 0 Å². The minimum Gasteiger partial charge on any atom is -0.356 e. The molecule has 0 aliphatic carbocycles. The number of carbonyl (C=O) groups excluding carboxylic acids is 1. The van der Waals surface area contributed by atoms with Crippen molar-refractivity contribution in [2.75, 3.05) is 31.6 Å². The fraction of sp³-hybridized carbons (Fsp3) is 0.900. The molecule has 0 aromatic carbocycles. The fourth-order valence-electron chi connectivity index (χ4n) is 1.54. The zero-order chi connectivity index (χ0) is 10.2. The maximum absolute atomic E-state index is 11.3. The molecule has 1 saturated heterocycles. The van der Waals surface area contributed by atoms with Crippen LogP contribution in [0.2, 0.25) is 0 Å². The summed E-state index contributed by atoms with van der Waals surface area (Å²) in [6, 6.07) is 0. The molecule has 2 N–H and O–H groups in total. The van der Waals surface area contributed by atoms with E-state index in [-0.39, 0.29) is 5.91 Å². The van der Waals surface area contributed by atoms with Crippen LogP contribution in [0.5, 0.6) is 0 Å². The Labute approximate surface area is 90.4 Å². The van der Waals surface area contributed by atoms with Gasteiger partial charge in [0.15, 0.2) is 0 Å². The largest absolute Gasteiger partial charge is 0.356 e. The minimum atomic E-state index is 0.178. The fourth-order valence-corrected chi connectivity index (χ4v) is 2.74. The van der Waals surface area contributed by atoms with Gasteiger partial charge >= 0.3 is 0 Å². The van der Waals surface area contributed by atoms with E-state index in [1.807, 2.05) is 18.8 Å². The maximum Gasteiger partial charge on any atom is 0.221 e. The third-order valence-electron chi connectivity index (χ3n) is 2.53. The molecule has 1 amide bonds. The van der Waals surface area contributed by atoms with Crippen molar-refractivity contribution in [2.45, 2.75) is 19.3 Å². The summed E-state index contributed by atoms with van der Waals surface area (Å²) in [5, 5.41) is 5.97. The highest BCUT2D eigenvalue weighted by atomic mass is 32.2. The van der Waals surface area contributed by atoms with E-state index in [4.69, 9.17) is 0 Å². The molecule has 1 rings (SSSR count). The number of rotatable bonds is 5. The number of thioether (sulfide) groups is 1. The molecule has 0 unspecified atom stereocenters. The molecule has 0 radical (unpaired) electrons. The molecule has 0 spiro atoms. The molecule has 1 aliphatic heterocycles. The van der Waals surface area contributed by atoms with Gasteiger partial charge in [-0.3, -0.25) is 4.79 Å². The smallest absolute Gasteiger partial charge is 0.221 e. The van der Waals surface area contributed by atoms with Crippen molar-refractivity contribution < 1.29 is 4.79 Å². The highest BCUT2D eigenvalue weighted by Gasteiger charge is 2.13. The van der Waals surface area contributed by atoms with Gasteiger partial charge in [0.2, 0.25) is 5.91 Å². The monoisotopic (exact) mass is 216 g/mol. The van der Waals surface area contributed by atoms with Crippen LogP contribution in [0.15, 0.2) is 0 Å². The van der Waals surface area contributed by atoms with E-state index in [0.29, 0.717) is 6.42 Å². The third-order valence-corrected chi connectivity index (χ3v) is 3.58. The number of amides is 1. The Morgan fingerprint density at radius 3 is 2.79 bits per heavy atom. The molecular formula is C10H20N2OS. The standard InChI is InChI=1S/C10H20N2OS/c1-11-5-2-10(13)12-8-9-3-6-14-7-4-9/h9,11H,2-8H2,1H3,(H,12,13). The van der Waals surface area contributed by atoms with E-state index in [2.05, 4.69) is 10.6 Å². The predicted octanol–water partition coefficient (Wildman–Crippen LogP) is 0.855. The molecule has 1 fully saturated rings.